The number of benzene rings is 1. The SMILES string of the molecule is CCn1c(=S)[nH]c2cc3c(NCc4ccc(N5CCN(C)CC5)nc4)ncnc3cc21. The molecule has 0 radical (unpaired) electrons. The molecule has 0 unspecified atom stereocenters. The Hall–Kier alpha value is -3.04. The maximum Gasteiger partial charge on any atom is 0.178 e. The molecule has 4 aromatic rings. The summed E-state index contributed by atoms with van der Waals surface area (Å²) >= 11 is 5.45. The highest BCUT2D eigenvalue weighted by atomic mass is 32.1. The molecule has 1 aliphatic rings. The van der Waals surface area contributed by atoms with Gasteiger partial charge in [-0.15, -0.1) is 0 Å². The number of imidazole rings is 1. The summed E-state index contributed by atoms with van der Waals surface area (Å²) in [4.78, 5) is 21.6. The Morgan fingerprint density at radius 2 is 1.94 bits per heavy atom. The normalized spacial score (nSPS) is 15.1. The van der Waals surface area contributed by atoms with Crippen LogP contribution in [0.4, 0.5) is 11.6 Å². The highest BCUT2D eigenvalue weighted by Gasteiger charge is 2.15. The van der Waals surface area contributed by atoms with Crippen LogP contribution in [0.25, 0.3) is 21.9 Å². The Balaban J connectivity index is 1.36. The lowest BCUT2D eigenvalue weighted by atomic mass is 10.2. The second kappa shape index (κ2) is 8.24. The van der Waals surface area contributed by atoms with E-state index in [0.29, 0.717) is 6.54 Å². The van der Waals surface area contributed by atoms with E-state index in [9.17, 15) is 0 Å². The minimum atomic E-state index is 0.645. The number of rotatable bonds is 5. The zero-order valence-corrected chi connectivity index (χ0v) is 18.6. The van der Waals surface area contributed by atoms with Crippen LogP contribution in [0.15, 0.2) is 36.8 Å². The number of anilines is 2. The Labute approximate surface area is 185 Å². The van der Waals surface area contributed by atoms with Crippen molar-refractivity contribution in [2.45, 2.75) is 20.0 Å². The first-order chi connectivity index (χ1) is 15.1. The molecule has 1 aromatic carbocycles. The van der Waals surface area contributed by atoms with Gasteiger partial charge in [-0.05, 0) is 50.0 Å². The van der Waals surface area contributed by atoms with E-state index in [1.54, 1.807) is 6.33 Å². The van der Waals surface area contributed by atoms with Gasteiger partial charge in [0.25, 0.3) is 0 Å². The Morgan fingerprint density at radius 1 is 1.10 bits per heavy atom. The molecule has 0 saturated carbocycles. The maximum atomic E-state index is 5.45. The monoisotopic (exact) mass is 434 g/mol. The summed E-state index contributed by atoms with van der Waals surface area (Å²) in [7, 11) is 2.16. The highest BCUT2D eigenvalue weighted by Crippen LogP contribution is 2.26. The molecule has 0 bridgehead atoms. The van der Waals surface area contributed by atoms with Crippen molar-refractivity contribution >= 4 is 45.8 Å². The summed E-state index contributed by atoms with van der Waals surface area (Å²) in [5, 5.41) is 4.42. The topological polar surface area (TPSA) is 77.9 Å². The molecule has 0 amide bonds. The molecule has 3 aromatic heterocycles. The van der Waals surface area contributed by atoms with E-state index in [4.69, 9.17) is 12.2 Å². The lowest BCUT2D eigenvalue weighted by molar-refractivity contribution is 0.312. The number of pyridine rings is 1. The van der Waals surface area contributed by atoms with Crippen LogP contribution in [-0.4, -0.2) is 62.6 Å². The van der Waals surface area contributed by atoms with E-state index in [-0.39, 0.29) is 0 Å². The van der Waals surface area contributed by atoms with Crippen LogP contribution in [0.3, 0.4) is 0 Å². The molecule has 4 heterocycles. The Morgan fingerprint density at radius 3 is 2.68 bits per heavy atom. The molecule has 1 aliphatic heterocycles. The molecule has 0 aliphatic carbocycles. The predicted octanol–water partition coefficient (Wildman–Crippen LogP) is 3.42. The van der Waals surface area contributed by atoms with Crippen molar-refractivity contribution in [3.05, 3.63) is 47.1 Å². The van der Waals surface area contributed by atoms with E-state index in [2.05, 4.69) is 77.9 Å². The van der Waals surface area contributed by atoms with Gasteiger partial charge in [0.2, 0.25) is 0 Å². The van der Waals surface area contributed by atoms with Gasteiger partial charge < -0.3 is 24.7 Å². The van der Waals surface area contributed by atoms with Gasteiger partial charge in [-0.25, -0.2) is 15.0 Å². The van der Waals surface area contributed by atoms with Gasteiger partial charge in [-0.3, -0.25) is 0 Å². The summed E-state index contributed by atoms with van der Waals surface area (Å²) in [5.74, 6) is 1.85. The van der Waals surface area contributed by atoms with Crippen molar-refractivity contribution in [2.24, 2.45) is 0 Å². The van der Waals surface area contributed by atoms with Gasteiger partial charge in [0.15, 0.2) is 4.77 Å². The number of aryl methyl sites for hydroxylation is 1. The van der Waals surface area contributed by atoms with Gasteiger partial charge in [-0.1, -0.05) is 6.07 Å². The Kier molecular flexibility index (Phi) is 5.29. The third-order valence-electron chi connectivity index (χ3n) is 5.94. The fourth-order valence-electron chi connectivity index (χ4n) is 4.09. The van der Waals surface area contributed by atoms with Crippen LogP contribution < -0.4 is 10.2 Å². The van der Waals surface area contributed by atoms with Gasteiger partial charge in [0.1, 0.15) is 18.0 Å². The van der Waals surface area contributed by atoms with Crippen LogP contribution >= 0.6 is 12.2 Å². The van der Waals surface area contributed by atoms with Crippen LogP contribution in [0, 0.1) is 4.77 Å². The minimum Gasteiger partial charge on any atom is -0.365 e. The van der Waals surface area contributed by atoms with E-state index in [0.717, 1.165) is 76.6 Å². The standard InChI is InChI=1S/C22H26N8S/c1-3-30-19-11-17-16(10-18(19)27-22(30)31)21(26-14-25-17)24-13-15-4-5-20(23-12-15)29-8-6-28(2)7-9-29/h4-5,10-12,14H,3,6-9,13H2,1-2H3,(H,27,31)(H,24,25,26). The number of likely N-dealkylation sites (N-methyl/N-ethyl adjacent to an activating group) is 1. The summed E-state index contributed by atoms with van der Waals surface area (Å²) < 4.78 is 2.80. The summed E-state index contributed by atoms with van der Waals surface area (Å²) in [6.45, 7) is 7.74. The second-order valence-electron chi connectivity index (χ2n) is 7.95. The third kappa shape index (κ3) is 3.86. The van der Waals surface area contributed by atoms with Crippen molar-refractivity contribution in [1.29, 1.82) is 0 Å². The largest absolute Gasteiger partial charge is 0.365 e. The molecule has 160 valence electrons. The second-order valence-corrected chi connectivity index (χ2v) is 8.34. The molecule has 0 atom stereocenters. The molecule has 1 fully saturated rings. The fourth-order valence-corrected chi connectivity index (χ4v) is 4.43. The number of H-pyrrole nitrogens is 1. The number of hydrogen-bond donors (Lipinski definition) is 2. The number of piperazine rings is 1. The number of fused-ring (bicyclic) bond motifs is 2. The van der Waals surface area contributed by atoms with E-state index in [1.807, 2.05) is 6.20 Å². The van der Waals surface area contributed by atoms with Crippen molar-refractivity contribution in [3.63, 3.8) is 0 Å². The number of aromatic amines is 1. The number of aromatic nitrogens is 5. The van der Waals surface area contributed by atoms with Crippen molar-refractivity contribution in [2.75, 3.05) is 43.4 Å². The lowest BCUT2D eigenvalue weighted by Gasteiger charge is -2.33. The van der Waals surface area contributed by atoms with Crippen molar-refractivity contribution in [3.8, 4) is 0 Å². The quantitative estimate of drug-likeness (QED) is 0.466. The third-order valence-corrected chi connectivity index (χ3v) is 6.27. The molecular weight excluding hydrogens is 408 g/mol. The number of nitrogens with one attached hydrogen (secondary N) is 2. The summed E-state index contributed by atoms with van der Waals surface area (Å²) in [5.41, 5.74) is 4.07. The summed E-state index contributed by atoms with van der Waals surface area (Å²) in [6, 6.07) is 8.38. The molecule has 2 N–H and O–H groups in total. The van der Waals surface area contributed by atoms with E-state index in [1.165, 1.54) is 0 Å². The van der Waals surface area contributed by atoms with Crippen LogP contribution in [0.2, 0.25) is 0 Å². The average Bonchev–Trinajstić information content (AvgIpc) is 3.11. The molecule has 8 nitrogen and oxygen atoms in total. The van der Waals surface area contributed by atoms with Crippen LogP contribution in [-0.2, 0) is 13.1 Å². The average molecular weight is 435 g/mol. The van der Waals surface area contributed by atoms with Gasteiger partial charge >= 0.3 is 0 Å². The van der Waals surface area contributed by atoms with Gasteiger partial charge in [0.05, 0.1) is 16.6 Å². The molecule has 31 heavy (non-hydrogen) atoms. The zero-order chi connectivity index (χ0) is 21.4. The molecular formula is C22H26N8S. The molecule has 9 heteroatoms. The van der Waals surface area contributed by atoms with Crippen LogP contribution in [0.1, 0.15) is 12.5 Å². The van der Waals surface area contributed by atoms with Gasteiger partial charge in [0, 0.05) is 50.9 Å². The van der Waals surface area contributed by atoms with E-state index < -0.39 is 0 Å². The van der Waals surface area contributed by atoms with Crippen molar-refractivity contribution in [1.82, 2.24) is 29.4 Å². The predicted molar refractivity (Wildman–Crippen MR) is 127 cm³/mol. The zero-order valence-electron chi connectivity index (χ0n) is 17.8. The maximum absolute atomic E-state index is 5.45. The molecule has 1 saturated heterocycles. The molecule has 5 rings (SSSR count). The Bertz CT molecular complexity index is 1270. The number of nitrogens with zero attached hydrogens (tertiary/aromatic N) is 6. The number of hydrogen-bond acceptors (Lipinski definition) is 7. The first-order valence-corrected chi connectivity index (χ1v) is 11.0. The van der Waals surface area contributed by atoms with E-state index >= 15 is 0 Å². The minimum absolute atomic E-state index is 0.645. The smallest absolute Gasteiger partial charge is 0.178 e. The molecule has 0 spiro atoms. The highest BCUT2D eigenvalue weighted by molar-refractivity contribution is 7.71. The summed E-state index contributed by atoms with van der Waals surface area (Å²) in [6.07, 6.45) is 3.55. The van der Waals surface area contributed by atoms with Crippen LogP contribution in [0.5, 0.6) is 0 Å². The first kappa shape index (κ1) is 19.9. The van der Waals surface area contributed by atoms with Gasteiger partial charge in [-0.2, -0.15) is 0 Å². The van der Waals surface area contributed by atoms with Crippen molar-refractivity contribution < 1.29 is 0 Å². The lowest BCUT2D eigenvalue weighted by Crippen LogP contribution is -2.44. The first-order valence-electron chi connectivity index (χ1n) is 10.6. The fraction of sp³-hybridized carbons (Fsp3) is 0.364.